The molecule has 6 nitrogen and oxygen atoms in total. The van der Waals surface area contributed by atoms with Crippen LogP contribution in [0.15, 0.2) is 16.5 Å². The number of hydrogen-bond acceptors (Lipinski definition) is 5. The van der Waals surface area contributed by atoms with Gasteiger partial charge in [0.25, 0.3) is 5.91 Å². The molecule has 2 aromatic rings. The van der Waals surface area contributed by atoms with Gasteiger partial charge in [0.2, 0.25) is 5.91 Å². The highest BCUT2D eigenvalue weighted by Crippen LogP contribution is 2.47. The van der Waals surface area contributed by atoms with Crippen LogP contribution in [0.25, 0.3) is 11.1 Å². The van der Waals surface area contributed by atoms with E-state index in [0.29, 0.717) is 17.8 Å². The van der Waals surface area contributed by atoms with Gasteiger partial charge in [-0.1, -0.05) is 6.07 Å². The number of anilines is 1. The van der Waals surface area contributed by atoms with E-state index in [1.54, 1.807) is 16.7 Å². The summed E-state index contributed by atoms with van der Waals surface area (Å²) in [5.41, 5.74) is 3.48. The zero-order chi connectivity index (χ0) is 17.1. The van der Waals surface area contributed by atoms with E-state index in [0.717, 1.165) is 23.1 Å². The molecule has 0 bridgehead atoms. The molecule has 0 aliphatic carbocycles. The summed E-state index contributed by atoms with van der Waals surface area (Å²) in [7, 11) is 0. The van der Waals surface area contributed by atoms with E-state index in [1.807, 2.05) is 32.9 Å². The van der Waals surface area contributed by atoms with Crippen molar-refractivity contribution in [2.75, 3.05) is 11.1 Å². The van der Waals surface area contributed by atoms with E-state index < -0.39 is 6.04 Å². The Hall–Kier alpha value is -2.02. The van der Waals surface area contributed by atoms with Crippen LogP contribution >= 0.6 is 11.8 Å². The molecule has 7 heteroatoms. The average molecular weight is 345 g/mol. The smallest absolute Gasteiger partial charge is 0.302 e. The topological polar surface area (TPSA) is 75.4 Å². The quantitative estimate of drug-likeness (QED) is 0.906. The molecule has 0 saturated carbocycles. The van der Waals surface area contributed by atoms with Crippen molar-refractivity contribution < 1.29 is 14.0 Å². The van der Waals surface area contributed by atoms with E-state index >= 15 is 0 Å². The highest BCUT2D eigenvalue weighted by Gasteiger charge is 2.53. The Labute approximate surface area is 144 Å². The fraction of sp³-hybridized carbons (Fsp3) is 0.471. The first kappa shape index (κ1) is 15.5. The summed E-state index contributed by atoms with van der Waals surface area (Å²) in [4.78, 5) is 30.6. The molecule has 2 saturated heterocycles. The van der Waals surface area contributed by atoms with Gasteiger partial charge in [-0.05, 0) is 44.4 Å². The van der Waals surface area contributed by atoms with Crippen molar-refractivity contribution in [2.45, 2.75) is 44.5 Å². The normalized spacial score (nSPS) is 26.2. The number of fused-ring (bicyclic) bond motifs is 2. The molecule has 2 aliphatic rings. The van der Waals surface area contributed by atoms with Gasteiger partial charge >= 0.3 is 6.01 Å². The summed E-state index contributed by atoms with van der Waals surface area (Å²) in [5.74, 6) is 0.418. The Morgan fingerprint density at radius 2 is 2.25 bits per heavy atom. The van der Waals surface area contributed by atoms with Crippen LogP contribution in [0.5, 0.6) is 0 Å². The number of hydrogen-bond donors (Lipinski definition) is 1. The number of nitrogens with one attached hydrogen (secondary N) is 1. The Morgan fingerprint density at radius 3 is 3.04 bits per heavy atom. The maximum absolute atomic E-state index is 12.7. The summed E-state index contributed by atoms with van der Waals surface area (Å²) < 4.78 is 5.69. The van der Waals surface area contributed by atoms with E-state index in [4.69, 9.17) is 4.42 Å². The van der Waals surface area contributed by atoms with Gasteiger partial charge < -0.3 is 9.32 Å². The largest absolute Gasteiger partial charge is 0.423 e. The molecule has 2 fully saturated rings. The van der Waals surface area contributed by atoms with Gasteiger partial charge in [-0.25, -0.2) is 0 Å². The number of aromatic nitrogens is 1. The fourth-order valence-corrected chi connectivity index (χ4v) is 5.07. The predicted molar refractivity (Wildman–Crippen MR) is 92.8 cm³/mol. The van der Waals surface area contributed by atoms with Crippen LogP contribution < -0.4 is 5.32 Å². The highest BCUT2D eigenvalue weighted by molar-refractivity contribution is 8.01. The van der Waals surface area contributed by atoms with Gasteiger partial charge in [0.1, 0.15) is 11.6 Å². The van der Waals surface area contributed by atoms with Gasteiger partial charge in [0.05, 0.1) is 4.87 Å². The van der Waals surface area contributed by atoms with Crippen LogP contribution in [0.4, 0.5) is 6.01 Å². The number of benzene rings is 1. The van der Waals surface area contributed by atoms with Gasteiger partial charge in [-0.15, -0.1) is 11.8 Å². The zero-order valence-corrected chi connectivity index (χ0v) is 14.7. The molecule has 1 N–H and O–H groups in total. The third kappa shape index (κ3) is 2.30. The maximum Gasteiger partial charge on any atom is 0.302 e. The monoisotopic (exact) mass is 345 g/mol. The van der Waals surface area contributed by atoms with Crippen molar-refractivity contribution >= 4 is 40.7 Å². The predicted octanol–water partition coefficient (Wildman–Crippen LogP) is 2.84. The lowest BCUT2D eigenvalue weighted by molar-refractivity contribution is -0.136. The van der Waals surface area contributed by atoms with Crippen molar-refractivity contribution in [1.29, 1.82) is 0 Å². The molecule has 2 atom stereocenters. The second-order valence-electron chi connectivity index (χ2n) is 6.70. The fourth-order valence-electron chi connectivity index (χ4n) is 3.63. The minimum absolute atomic E-state index is 0.0479. The Balaban J connectivity index is 1.59. The van der Waals surface area contributed by atoms with E-state index in [9.17, 15) is 9.59 Å². The second-order valence-corrected chi connectivity index (χ2v) is 8.21. The summed E-state index contributed by atoms with van der Waals surface area (Å²) in [5, 5.41) is 2.75. The lowest BCUT2D eigenvalue weighted by atomic mass is 10.1. The molecular weight excluding hydrogens is 326 g/mol. The molecule has 2 aliphatic heterocycles. The van der Waals surface area contributed by atoms with Crippen LogP contribution in [0.1, 0.15) is 30.9 Å². The molecule has 0 radical (unpaired) electrons. The van der Waals surface area contributed by atoms with Gasteiger partial charge in [0, 0.05) is 12.2 Å². The van der Waals surface area contributed by atoms with Crippen LogP contribution in [-0.4, -0.2) is 38.4 Å². The molecule has 1 aromatic carbocycles. The Morgan fingerprint density at radius 1 is 1.46 bits per heavy atom. The molecule has 0 spiro atoms. The zero-order valence-electron chi connectivity index (χ0n) is 13.9. The number of aryl methyl sites for hydroxylation is 2. The third-order valence-corrected chi connectivity index (χ3v) is 6.30. The summed E-state index contributed by atoms with van der Waals surface area (Å²) in [6.07, 6.45) is 1.30. The van der Waals surface area contributed by atoms with E-state index in [2.05, 4.69) is 10.3 Å². The average Bonchev–Trinajstić information content (AvgIpc) is 3.13. The summed E-state index contributed by atoms with van der Waals surface area (Å²) in [6.45, 7) is 5.98. The van der Waals surface area contributed by atoms with Crippen molar-refractivity contribution in [1.82, 2.24) is 9.88 Å². The maximum atomic E-state index is 12.7. The molecule has 1 aromatic heterocycles. The number of amides is 2. The lowest BCUT2D eigenvalue weighted by Gasteiger charge is -2.29. The number of carbonyl (C=O) groups excluding carboxylic acids is 2. The molecule has 24 heavy (non-hydrogen) atoms. The van der Waals surface area contributed by atoms with Gasteiger partial charge in [-0.3, -0.25) is 14.9 Å². The number of nitrogens with zero attached hydrogens (tertiary/aromatic N) is 2. The molecule has 3 heterocycles. The standard InChI is InChI=1S/C17H19N3O3S/c1-9-6-10(2)14-11(7-9)18-16(23-14)19-15(22)12-8-24-17(3)5-4-13(21)20(12)17/h6-7,12H,4-5,8H2,1-3H3,(H,18,19,22)/t12-,17-/m1/s1. The SMILES string of the molecule is Cc1cc(C)c2oc(NC(=O)[C@H]3CS[C@]4(C)CCC(=O)N34)nc2c1. The Kier molecular flexibility index (Phi) is 3.38. The van der Waals surface area contributed by atoms with Crippen LogP contribution in [0, 0.1) is 13.8 Å². The van der Waals surface area contributed by atoms with Crippen molar-refractivity contribution in [2.24, 2.45) is 0 Å². The first-order valence-electron chi connectivity index (χ1n) is 8.02. The number of thioether (sulfide) groups is 1. The summed E-state index contributed by atoms with van der Waals surface area (Å²) in [6, 6.07) is 3.66. The molecule has 126 valence electrons. The second kappa shape index (κ2) is 5.24. The van der Waals surface area contributed by atoms with Crippen LogP contribution in [-0.2, 0) is 9.59 Å². The van der Waals surface area contributed by atoms with Crippen molar-refractivity contribution in [3.63, 3.8) is 0 Å². The van der Waals surface area contributed by atoms with Crippen LogP contribution in [0.3, 0.4) is 0 Å². The molecule has 4 rings (SSSR count). The number of oxazole rings is 1. The minimum Gasteiger partial charge on any atom is -0.423 e. The van der Waals surface area contributed by atoms with E-state index in [1.165, 1.54) is 0 Å². The van der Waals surface area contributed by atoms with Gasteiger partial charge in [-0.2, -0.15) is 4.98 Å². The van der Waals surface area contributed by atoms with E-state index in [-0.39, 0.29) is 22.7 Å². The number of rotatable bonds is 2. The molecular formula is C17H19N3O3S. The highest BCUT2D eigenvalue weighted by atomic mass is 32.2. The first-order valence-corrected chi connectivity index (χ1v) is 9.01. The van der Waals surface area contributed by atoms with Crippen molar-refractivity contribution in [3.05, 3.63) is 23.3 Å². The third-order valence-electron chi connectivity index (χ3n) is 4.80. The number of carbonyl (C=O) groups is 2. The summed E-state index contributed by atoms with van der Waals surface area (Å²) >= 11 is 1.67. The lowest BCUT2D eigenvalue weighted by Crippen LogP contribution is -2.48. The van der Waals surface area contributed by atoms with Gasteiger partial charge in [0.15, 0.2) is 5.58 Å². The minimum atomic E-state index is -0.465. The van der Waals surface area contributed by atoms with Crippen molar-refractivity contribution in [3.8, 4) is 0 Å². The first-order chi connectivity index (χ1) is 11.4. The Bertz CT molecular complexity index is 862. The molecule has 2 amide bonds. The molecule has 0 unspecified atom stereocenters. The van der Waals surface area contributed by atoms with Crippen LogP contribution in [0.2, 0.25) is 0 Å².